The summed E-state index contributed by atoms with van der Waals surface area (Å²) in [6.45, 7) is 4.08. The number of hydrogen-bond donors (Lipinski definition) is 0. The van der Waals surface area contributed by atoms with Crippen LogP contribution in [0.2, 0.25) is 0 Å². The molecule has 1 fully saturated rings. The van der Waals surface area contributed by atoms with Gasteiger partial charge in [-0.2, -0.15) is 18.3 Å². The van der Waals surface area contributed by atoms with E-state index >= 15 is 0 Å². The zero-order valence-corrected chi connectivity index (χ0v) is 21.0. The number of rotatable bonds is 7. The van der Waals surface area contributed by atoms with Crippen molar-refractivity contribution in [2.75, 3.05) is 20.1 Å². The van der Waals surface area contributed by atoms with Gasteiger partial charge in [0.2, 0.25) is 5.91 Å². The van der Waals surface area contributed by atoms with Crippen molar-refractivity contribution in [2.24, 2.45) is 0 Å². The molecule has 0 aliphatic carbocycles. The average Bonchev–Trinajstić information content (AvgIpc) is 3.52. The molecule has 0 saturated carbocycles. The number of alkyl halides is 3. The summed E-state index contributed by atoms with van der Waals surface area (Å²) >= 11 is 0. The molecule has 11 heteroatoms. The number of oxazole rings is 1. The molecule has 0 unspecified atom stereocenters. The van der Waals surface area contributed by atoms with Crippen LogP contribution in [-0.2, 0) is 17.5 Å². The summed E-state index contributed by atoms with van der Waals surface area (Å²) < 4.78 is 45.4. The lowest BCUT2D eigenvalue weighted by atomic mass is 9.96. The maximum atomic E-state index is 13.1. The molecule has 4 rings (SSSR count). The Morgan fingerprint density at radius 3 is 2.46 bits per heavy atom. The largest absolute Gasteiger partial charge is 0.448 e. The van der Waals surface area contributed by atoms with Crippen LogP contribution in [0.15, 0.2) is 47.1 Å². The SMILES string of the molecule is CC[C@H](c1ccccc1)N(C)C(=O)c1coc(C2CCN(C(=O)Cn3nc(C(F)(F)F)cc3C)CC2)n1. The molecular weight excluding hydrogens is 487 g/mol. The fraction of sp³-hybridized carbons (Fsp3) is 0.462. The summed E-state index contributed by atoms with van der Waals surface area (Å²) in [6.07, 6.45) is -1.28. The minimum absolute atomic E-state index is 0.0599. The summed E-state index contributed by atoms with van der Waals surface area (Å²) in [7, 11) is 1.75. The van der Waals surface area contributed by atoms with E-state index in [-0.39, 0.29) is 41.7 Å². The van der Waals surface area contributed by atoms with E-state index in [1.165, 1.54) is 13.2 Å². The highest BCUT2D eigenvalue weighted by atomic mass is 19.4. The zero-order chi connectivity index (χ0) is 26.7. The molecular formula is C26H30F3N5O3. The lowest BCUT2D eigenvalue weighted by Crippen LogP contribution is -2.40. The van der Waals surface area contributed by atoms with Gasteiger partial charge in [-0.15, -0.1) is 0 Å². The number of piperidine rings is 1. The average molecular weight is 518 g/mol. The number of aromatic nitrogens is 3. The van der Waals surface area contributed by atoms with E-state index in [4.69, 9.17) is 4.42 Å². The third-order valence-electron chi connectivity index (χ3n) is 6.85. The van der Waals surface area contributed by atoms with Gasteiger partial charge >= 0.3 is 6.18 Å². The maximum absolute atomic E-state index is 13.1. The van der Waals surface area contributed by atoms with E-state index in [2.05, 4.69) is 10.1 Å². The number of carbonyl (C=O) groups is 2. The summed E-state index contributed by atoms with van der Waals surface area (Å²) in [4.78, 5) is 33.5. The van der Waals surface area contributed by atoms with Gasteiger partial charge in [0.1, 0.15) is 12.8 Å². The number of aryl methyl sites for hydroxylation is 1. The van der Waals surface area contributed by atoms with Crippen molar-refractivity contribution >= 4 is 11.8 Å². The maximum Gasteiger partial charge on any atom is 0.435 e. The zero-order valence-electron chi connectivity index (χ0n) is 21.0. The first-order valence-corrected chi connectivity index (χ1v) is 12.3. The molecule has 2 amide bonds. The van der Waals surface area contributed by atoms with Crippen LogP contribution in [0.1, 0.15) is 71.5 Å². The van der Waals surface area contributed by atoms with E-state index in [0.29, 0.717) is 31.8 Å². The van der Waals surface area contributed by atoms with Crippen LogP contribution in [0.4, 0.5) is 13.2 Å². The summed E-state index contributed by atoms with van der Waals surface area (Å²) in [5.74, 6) is -0.134. The van der Waals surface area contributed by atoms with Crippen LogP contribution in [0, 0.1) is 6.92 Å². The Hall–Kier alpha value is -3.63. The number of hydrogen-bond acceptors (Lipinski definition) is 5. The number of halogens is 3. The lowest BCUT2D eigenvalue weighted by molar-refractivity contribution is -0.142. The summed E-state index contributed by atoms with van der Waals surface area (Å²) in [6, 6.07) is 10.6. The third-order valence-corrected chi connectivity index (χ3v) is 6.85. The van der Waals surface area contributed by atoms with E-state index in [1.54, 1.807) is 16.8 Å². The molecule has 1 aromatic carbocycles. The molecule has 1 saturated heterocycles. The Labute approximate surface area is 213 Å². The quantitative estimate of drug-likeness (QED) is 0.448. The normalized spacial score (nSPS) is 15.6. The van der Waals surface area contributed by atoms with Gasteiger partial charge in [-0.25, -0.2) is 4.98 Å². The van der Waals surface area contributed by atoms with Crippen molar-refractivity contribution in [3.8, 4) is 0 Å². The van der Waals surface area contributed by atoms with E-state index in [0.717, 1.165) is 22.7 Å². The van der Waals surface area contributed by atoms with Gasteiger partial charge in [-0.1, -0.05) is 37.3 Å². The third kappa shape index (κ3) is 5.86. The van der Waals surface area contributed by atoms with Gasteiger partial charge in [-0.05, 0) is 37.8 Å². The molecule has 0 N–H and O–H groups in total. The number of amides is 2. The molecule has 37 heavy (non-hydrogen) atoms. The Balaban J connectivity index is 1.34. The summed E-state index contributed by atoms with van der Waals surface area (Å²) in [5.41, 5.74) is 0.544. The first-order valence-electron chi connectivity index (χ1n) is 12.3. The Kier molecular flexibility index (Phi) is 7.70. The minimum Gasteiger partial charge on any atom is -0.448 e. The number of carbonyl (C=O) groups excluding carboxylic acids is 2. The van der Waals surface area contributed by atoms with Gasteiger partial charge < -0.3 is 14.2 Å². The Morgan fingerprint density at radius 2 is 1.86 bits per heavy atom. The van der Waals surface area contributed by atoms with Crippen LogP contribution in [0.25, 0.3) is 0 Å². The molecule has 1 atom stereocenters. The molecule has 0 spiro atoms. The van der Waals surface area contributed by atoms with Crippen LogP contribution < -0.4 is 0 Å². The smallest absolute Gasteiger partial charge is 0.435 e. The van der Waals surface area contributed by atoms with Gasteiger partial charge in [0.25, 0.3) is 5.91 Å². The Morgan fingerprint density at radius 1 is 1.19 bits per heavy atom. The fourth-order valence-electron chi connectivity index (χ4n) is 4.72. The van der Waals surface area contributed by atoms with Crippen LogP contribution in [-0.4, -0.2) is 56.5 Å². The summed E-state index contributed by atoms with van der Waals surface area (Å²) in [5, 5.41) is 3.53. The first-order chi connectivity index (χ1) is 17.6. The van der Waals surface area contributed by atoms with Gasteiger partial charge in [0.15, 0.2) is 17.3 Å². The van der Waals surface area contributed by atoms with Crippen molar-refractivity contribution in [3.05, 3.63) is 71.2 Å². The van der Waals surface area contributed by atoms with E-state index in [1.807, 2.05) is 37.3 Å². The molecule has 8 nitrogen and oxygen atoms in total. The van der Waals surface area contributed by atoms with Crippen molar-refractivity contribution in [1.29, 1.82) is 0 Å². The predicted molar refractivity (Wildman–Crippen MR) is 129 cm³/mol. The van der Waals surface area contributed by atoms with Crippen molar-refractivity contribution in [2.45, 2.75) is 57.8 Å². The van der Waals surface area contributed by atoms with Gasteiger partial charge in [0.05, 0.1) is 6.04 Å². The number of likely N-dealkylation sites (tertiary alicyclic amines) is 1. The van der Waals surface area contributed by atoms with E-state index in [9.17, 15) is 22.8 Å². The van der Waals surface area contributed by atoms with Crippen LogP contribution in [0.3, 0.4) is 0 Å². The van der Waals surface area contributed by atoms with Gasteiger partial charge in [0, 0.05) is 31.7 Å². The molecule has 198 valence electrons. The molecule has 0 bridgehead atoms. The van der Waals surface area contributed by atoms with Crippen molar-refractivity contribution < 1.29 is 27.2 Å². The first kappa shape index (κ1) is 26.4. The molecule has 0 radical (unpaired) electrons. The fourth-order valence-corrected chi connectivity index (χ4v) is 4.72. The molecule has 3 aromatic rings. The number of nitrogens with zero attached hydrogens (tertiary/aromatic N) is 5. The highest BCUT2D eigenvalue weighted by molar-refractivity contribution is 5.92. The Bertz CT molecular complexity index is 1230. The van der Waals surface area contributed by atoms with Gasteiger partial charge in [-0.3, -0.25) is 14.3 Å². The second-order valence-corrected chi connectivity index (χ2v) is 9.30. The lowest BCUT2D eigenvalue weighted by Gasteiger charge is -2.30. The highest BCUT2D eigenvalue weighted by Gasteiger charge is 2.35. The topological polar surface area (TPSA) is 84.5 Å². The van der Waals surface area contributed by atoms with Crippen molar-refractivity contribution in [1.82, 2.24) is 24.6 Å². The molecule has 3 heterocycles. The standard InChI is InChI=1S/C26H30F3N5O3/c1-4-21(18-8-6-5-7-9-18)32(3)25(36)20-16-37-24(30-20)19-10-12-33(13-11-19)23(35)15-34-17(2)14-22(31-34)26(27,28)29/h5-9,14,16,19,21H,4,10-13,15H2,1-3H3/t21-/m1/s1. The molecule has 1 aliphatic rings. The highest BCUT2D eigenvalue weighted by Crippen LogP contribution is 2.30. The minimum atomic E-state index is -4.55. The van der Waals surface area contributed by atoms with E-state index < -0.39 is 11.9 Å². The predicted octanol–water partition coefficient (Wildman–Crippen LogP) is 4.83. The van der Waals surface area contributed by atoms with Crippen LogP contribution in [0.5, 0.6) is 0 Å². The second-order valence-electron chi connectivity index (χ2n) is 9.30. The van der Waals surface area contributed by atoms with Crippen molar-refractivity contribution in [3.63, 3.8) is 0 Å². The van der Waals surface area contributed by atoms with Crippen LogP contribution >= 0.6 is 0 Å². The second kappa shape index (κ2) is 10.8. The molecule has 1 aliphatic heterocycles. The molecule has 2 aromatic heterocycles. The number of benzene rings is 1. The monoisotopic (exact) mass is 517 g/mol.